The maximum absolute atomic E-state index is 13.1. The third kappa shape index (κ3) is 4.67. The van der Waals surface area contributed by atoms with Crippen LogP contribution in [-0.4, -0.2) is 10.7 Å². The lowest BCUT2D eigenvalue weighted by atomic mass is 10.1. The SMILES string of the molecule is C=CN(Cc1cc(Cl)ccc1C)/N=C(\CC)c1ccc(F)cc1. The van der Waals surface area contributed by atoms with Crippen LogP contribution in [0.4, 0.5) is 4.39 Å². The van der Waals surface area contributed by atoms with Gasteiger partial charge in [-0.3, -0.25) is 5.01 Å². The summed E-state index contributed by atoms with van der Waals surface area (Å²) in [5, 5.41) is 7.13. The van der Waals surface area contributed by atoms with Gasteiger partial charge in [-0.1, -0.05) is 43.3 Å². The van der Waals surface area contributed by atoms with Crippen LogP contribution in [0.2, 0.25) is 5.02 Å². The Morgan fingerprint density at radius 3 is 2.57 bits per heavy atom. The van der Waals surface area contributed by atoms with Crippen molar-refractivity contribution in [3.63, 3.8) is 0 Å². The van der Waals surface area contributed by atoms with Crippen LogP contribution in [0.5, 0.6) is 0 Å². The minimum Gasteiger partial charge on any atom is -0.269 e. The molecule has 120 valence electrons. The average molecular weight is 331 g/mol. The summed E-state index contributed by atoms with van der Waals surface area (Å²) in [4.78, 5) is 0. The molecule has 0 amide bonds. The van der Waals surface area contributed by atoms with Gasteiger partial charge in [-0.2, -0.15) is 5.10 Å². The van der Waals surface area contributed by atoms with Crippen LogP contribution in [0, 0.1) is 12.7 Å². The van der Waals surface area contributed by atoms with E-state index in [4.69, 9.17) is 11.6 Å². The number of benzene rings is 2. The van der Waals surface area contributed by atoms with Gasteiger partial charge in [0.25, 0.3) is 0 Å². The van der Waals surface area contributed by atoms with E-state index in [-0.39, 0.29) is 5.82 Å². The first kappa shape index (κ1) is 17.2. The lowest BCUT2D eigenvalue weighted by Crippen LogP contribution is -2.14. The predicted molar refractivity (Wildman–Crippen MR) is 95.2 cm³/mol. The average Bonchev–Trinajstić information content (AvgIpc) is 2.55. The van der Waals surface area contributed by atoms with E-state index in [1.807, 2.05) is 32.0 Å². The third-order valence-corrected chi connectivity index (χ3v) is 3.85. The van der Waals surface area contributed by atoms with Gasteiger partial charge < -0.3 is 0 Å². The first-order chi connectivity index (χ1) is 11.0. The number of hydrogen-bond donors (Lipinski definition) is 0. The Labute approximate surface area is 141 Å². The Bertz CT molecular complexity index is 708. The third-order valence-electron chi connectivity index (χ3n) is 3.62. The van der Waals surface area contributed by atoms with Crippen LogP contribution in [0.25, 0.3) is 0 Å². The number of aryl methyl sites for hydroxylation is 1. The molecule has 23 heavy (non-hydrogen) atoms. The molecule has 0 saturated carbocycles. The highest BCUT2D eigenvalue weighted by atomic mass is 35.5. The topological polar surface area (TPSA) is 15.6 Å². The van der Waals surface area contributed by atoms with E-state index in [2.05, 4.69) is 11.7 Å². The van der Waals surface area contributed by atoms with Crippen molar-refractivity contribution in [1.82, 2.24) is 5.01 Å². The molecule has 0 atom stereocenters. The van der Waals surface area contributed by atoms with Gasteiger partial charge in [-0.05, 0) is 54.3 Å². The van der Waals surface area contributed by atoms with Gasteiger partial charge in [-0.15, -0.1) is 0 Å². The summed E-state index contributed by atoms with van der Waals surface area (Å²) >= 11 is 6.07. The maximum atomic E-state index is 13.1. The minimum absolute atomic E-state index is 0.251. The van der Waals surface area contributed by atoms with E-state index < -0.39 is 0 Å². The quantitative estimate of drug-likeness (QED) is 0.501. The Morgan fingerprint density at radius 1 is 1.26 bits per heavy atom. The number of hydrazone groups is 1. The molecule has 2 rings (SSSR count). The second-order valence-corrected chi connectivity index (χ2v) is 5.69. The zero-order valence-corrected chi connectivity index (χ0v) is 14.1. The van der Waals surface area contributed by atoms with E-state index in [1.165, 1.54) is 12.1 Å². The fourth-order valence-corrected chi connectivity index (χ4v) is 2.45. The van der Waals surface area contributed by atoms with Gasteiger partial charge in [0.1, 0.15) is 5.82 Å². The summed E-state index contributed by atoms with van der Waals surface area (Å²) in [5.74, 6) is -0.251. The van der Waals surface area contributed by atoms with E-state index in [9.17, 15) is 4.39 Å². The number of halogens is 2. The van der Waals surface area contributed by atoms with Gasteiger partial charge in [0.05, 0.1) is 12.3 Å². The standard InChI is InChI=1S/C19H20ClFN2/c1-4-19(15-7-10-18(21)11-8-15)22-23(5-2)13-16-12-17(20)9-6-14(16)3/h5-12H,2,4,13H2,1,3H3/b22-19+. The molecule has 2 nitrogen and oxygen atoms in total. The Balaban J connectivity index is 2.26. The van der Waals surface area contributed by atoms with E-state index in [1.54, 1.807) is 23.3 Å². The second kappa shape index (κ2) is 7.93. The summed E-state index contributed by atoms with van der Waals surface area (Å²) in [6.07, 6.45) is 2.42. The van der Waals surface area contributed by atoms with Crippen molar-refractivity contribution in [2.45, 2.75) is 26.8 Å². The highest BCUT2D eigenvalue weighted by Gasteiger charge is 2.07. The zero-order valence-electron chi connectivity index (χ0n) is 13.4. The summed E-state index contributed by atoms with van der Waals surface area (Å²) in [6, 6.07) is 12.2. The molecule has 0 spiro atoms. The fourth-order valence-electron chi connectivity index (χ4n) is 2.26. The molecule has 2 aromatic rings. The van der Waals surface area contributed by atoms with Crippen LogP contribution < -0.4 is 0 Å². The van der Waals surface area contributed by atoms with Crippen LogP contribution in [0.3, 0.4) is 0 Å². The van der Waals surface area contributed by atoms with Crippen molar-refractivity contribution in [3.8, 4) is 0 Å². The fraction of sp³-hybridized carbons (Fsp3) is 0.211. The van der Waals surface area contributed by atoms with E-state index >= 15 is 0 Å². The Kier molecular flexibility index (Phi) is 5.94. The summed E-state index contributed by atoms with van der Waals surface area (Å²) in [7, 11) is 0. The molecular weight excluding hydrogens is 311 g/mol. The van der Waals surface area contributed by atoms with Crippen molar-refractivity contribution >= 4 is 17.3 Å². The van der Waals surface area contributed by atoms with E-state index in [0.29, 0.717) is 11.6 Å². The van der Waals surface area contributed by atoms with Gasteiger partial charge >= 0.3 is 0 Å². The number of hydrogen-bond acceptors (Lipinski definition) is 2. The van der Waals surface area contributed by atoms with Gasteiger partial charge in [-0.25, -0.2) is 4.39 Å². The van der Waals surface area contributed by atoms with Gasteiger partial charge in [0, 0.05) is 11.2 Å². The molecule has 0 N–H and O–H groups in total. The molecule has 0 radical (unpaired) electrons. The smallest absolute Gasteiger partial charge is 0.123 e. The lowest BCUT2D eigenvalue weighted by Gasteiger charge is -2.18. The molecule has 0 unspecified atom stereocenters. The van der Waals surface area contributed by atoms with Gasteiger partial charge in [0.2, 0.25) is 0 Å². The molecule has 2 aromatic carbocycles. The van der Waals surface area contributed by atoms with Crippen molar-refractivity contribution in [2.75, 3.05) is 0 Å². The van der Waals surface area contributed by atoms with Crippen LogP contribution in [0.1, 0.15) is 30.0 Å². The predicted octanol–water partition coefficient (Wildman–Crippen LogP) is 5.55. The Morgan fingerprint density at radius 2 is 1.96 bits per heavy atom. The molecule has 0 aliphatic carbocycles. The van der Waals surface area contributed by atoms with Crippen molar-refractivity contribution in [3.05, 3.63) is 82.8 Å². The normalized spacial score (nSPS) is 11.4. The molecule has 0 aliphatic heterocycles. The monoisotopic (exact) mass is 330 g/mol. The molecule has 4 heteroatoms. The molecule has 0 heterocycles. The molecular formula is C19H20ClFN2. The number of nitrogens with zero attached hydrogens (tertiary/aromatic N) is 2. The van der Waals surface area contributed by atoms with Gasteiger partial charge in [0.15, 0.2) is 0 Å². The molecule has 0 saturated heterocycles. The Hall–Kier alpha value is -2.13. The maximum Gasteiger partial charge on any atom is 0.123 e. The van der Waals surface area contributed by atoms with Crippen LogP contribution in [0.15, 0.2) is 60.3 Å². The summed E-state index contributed by atoms with van der Waals surface area (Å²) in [6.45, 7) is 8.48. The molecule has 0 bridgehead atoms. The van der Waals surface area contributed by atoms with Crippen LogP contribution in [-0.2, 0) is 6.54 Å². The van der Waals surface area contributed by atoms with Crippen molar-refractivity contribution < 1.29 is 4.39 Å². The first-order valence-electron chi connectivity index (χ1n) is 7.51. The molecule has 0 aliphatic rings. The lowest BCUT2D eigenvalue weighted by molar-refractivity contribution is 0.391. The van der Waals surface area contributed by atoms with Crippen LogP contribution >= 0.6 is 11.6 Å². The first-order valence-corrected chi connectivity index (χ1v) is 7.89. The summed E-state index contributed by atoms with van der Waals surface area (Å²) in [5.41, 5.74) is 4.03. The minimum atomic E-state index is -0.251. The number of rotatable bonds is 6. The van der Waals surface area contributed by atoms with Crippen molar-refractivity contribution in [1.29, 1.82) is 0 Å². The molecule has 0 aromatic heterocycles. The highest BCUT2D eigenvalue weighted by molar-refractivity contribution is 6.30. The molecule has 0 fully saturated rings. The highest BCUT2D eigenvalue weighted by Crippen LogP contribution is 2.18. The largest absolute Gasteiger partial charge is 0.269 e. The van der Waals surface area contributed by atoms with Crippen molar-refractivity contribution in [2.24, 2.45) is 5.10 Å². The second-order valence-electron chi connectivity index (χ2n) is 5.26. The zero-order chi connectivity index (χ0) is 16.8. The summed E-state index contributed by atoms with van der Waals surface area (Å²) < 4.78 is 13.1. The van der Waals surface area contributed by atoms with E-state index in [0.717, 1.165) is 28.8 Å².